The Kier molecular flexibility index (Phi) is 4.29. The molecule has 9 nitrogen and oxygen atoms in total. The van der Waals surface area contributed by atoms with E-state index in [4.69, 9.17) is 10.2 Å². The van der Waals surface area contributed by atoms with Crippen molar-refractivity contribution < 1.29 is 29.4 Å². The summed E-state index contributed by atoms with van der Waals surface area (Å²) in [4.78, 5) is 48.2. The van der Waals surface area contributed by atoms with Crippen LogP contribution in [0, 0.1) is 0 Å². The molecule has 116 valence electrons. The summed E-state index contributed by atoms with van der Waals surface area (Å²) >= 11 is 0. The van der Waals surface area contributed by atoms with Gasteiger partial charge >= 0.3 is 18.0 Å². The lowest BCUT2D eigenvalue weighted by Gasteiger charge is -2.37. The molecule has 2 saturated heterocycles. The summed E-state index contributed by atoms with van der Waals surface area (Å²) in [6.45, 7) is 1.08. The lowest BCUT2D eigenvalue weighted by molar-refractivity contribution is -0.145. The highest BCUT2D eigenvalue weighted by Crippen LogP contribution is 2.22. The number of nitrogens with zero attached hydrogens (tertiary/aromatic N) is 2. The predicted molar refractivity (Wildman–Crippen MR) is 68.5 cm³/mol. The van der Waals surface area contributed by atoms with Crippen molar-refractivity contribution in [3.05, 3.63) is 0 Å². The minimum atomic E-state index is -1.46. The molecule has 0 aromatic carbocycles. The molecule has 9 heteroatoms. The minimum absolute atomic E-state index is 0.0280. The maximum absolute atomic E-state index is 12.0. The SMILES string of the molecule is O=C(O)CC(NC(=O)N1CCN2C(=O)CCC2C1)C(=O)O. The third-order valence-electron chi connectivity index (χ3n) is 3.76. The molecule has 2 fully saturated rings. The number of nitrogens with one attached hydrogen (secondary N) is 1. The van der Waals surface area contributed by atoms with E-state index in [1.807, 2.05) is 0 Å². The Morgan fingerprint density at radius 2 is 2.00 bits per heavy atom. The van der Waals surface area contributed by atoms with Crippen molar-refractivity contribution in [2.24, 2.45) is 0 Å². The average Bonchev–Trinajstić information content (AvgIpc) is 2.78. The number of hydrogen-bond donors (Lipinski definition) is 3. The Hall–Kier alpha value is -2.32. The van der Waals surface area contributed by atoms with Crippen LogP contribution in [0.15, 0.2) is 0 Å². The molecule has 2 aliphatic heterocycles. The van der Waals surface area contributed by atoms with Crippen molar-refractivity contribution in [2.45, 2.75) is 31.3 Å². The highest BCUT2D eigenvalue weighted by atomic mass is 16.4. The summed E-state index contributed by atoms with van der Waals surface area (Å²) < 4.78 is 0. The molecule has 2 aliphatic rings. The Labute approximate surface area is 120 Å². The summed E-state index contributed by atoms with van der Waals surface area (Å²) in [6.07, 6.45) is 0.472. The zero-order chi connectivity index (χ0) is 15.6. The van der Waals surface area contributed by atoms with Crippen LogP contribution in [0.1, 0.15) is 19.3 Å². The van der Waals surface area contributed by atoms with Gasteiger partial charge in [-0.3, -0.25) is 9.59 Å². The fourth-order valence-corrected chi connectivity index (χ4v) is 2.66. The number of rotatable bonds is 4. The van der Waals surface area contributed by atoms with Gasteiger partial charge in [0.15, 0.2) is 0 Å². The lowest BCUT2D eigenvalue weighted by atomic mass is 10.1. The van der Waals surface area contributed by atoms with Crippen molar-refractivity contribution >= 4 is 23.9 Å². The van der Waals surface area contributed by atoms with E-state index in [-0.39, 0.29) is 11.9 Å². The number of hydrogen-bond acceptors (Lipinski definition) is 4. The molecule has 2 rings (SSSR count). The number of piperazine rings is 1. The summed E-state index contributed by atoms with van der Waals surface area (Å²) in [5, 5.41) is 19.8. The predicted octanol–water partition coefficient (Wildman–Crippen LogP) is -1.07. The molecule has 2 atom stereocenters. The molecular weight excluding hydrogens is 282 g/mol. The van der Waals surface area contributed by atoms with Crippen LogP contribution >= 0.6 is 0 Å². The number of carbonyl (C=O) groups excluding carboxylic acids is 2. The van der Waals surface area contributed by atoms with Gasteiger partial charge in [0.05, 0.1) is 6.42 Å². The normalized spacial score (nSPS) is 22.7. The van der Waals surface area contributed by atoms with E-state index in [1.165, 1.54) is 4.90 Å². The first-order valence-electron chi connectivity index (χ1n) is 6.68. The molecule has 2 heterocycles. The number of amides is 3. The molecule has 0 spiro atoms. The van der Waals surface area contributed by atoms with Gasteiger partial charge in [-0.25, -0.2) is 9.59 Å². The summed E-state index contributed by atoms with van der Waals surface area (Å²) in [7, 11) is 0. The Balaban J connectivity index is 1.92. The van der Waals surface area contributed by atoms with E-state index >= 15 is 0 Å². The maximum Gasteiger partial charge on any atom is 0.326 e. The van der Waals surface area contributed by atoms with E-state index in [2.05, 4.69) is 5.32 Å². The number of urea groups is 1. The second kappa shape index (κ2) is 5.98. The highest BCUT2D eigenvalue weighted by molar-refractivity contribution is 5.86. The first kappa shape index (κ1) is 15.1. The molecule has 3 N–H and O–H groups in total. The second-order valence-electron chi connectivity index (χ2n) is 5.16. The van der Waals surface area contributed by atoms with Crippen molar-refractivity contribution in [1.29, 1.82) is 0 Å². The van der Waals surface area contributed by atoms with Crippen LogP contribution in [0.4, 0.5) is 4.79 Å². The van der Waals surface area contributed by atoms with E-state index < -0.39 is 30.4 Å². The number of fused-ring (bicyclic) bond motifs is 1. The monoisotopic (exact) mass is 299 g/mol. The summed E-state index contributed by atoms with van der Waals surface area (Å²) in [5.41, 5.74) is 0. The van der Waals surface area contributed by atoms with Crippen molar-refractivity contribution in [2.75, 3.05) is 19.6 Å². The molecule has 0 aromatic rings. The van der Waals surface area contributed by atoms with Crippen LogP contribution < -0.4 is 5.32 Å². The lowest BCUT2D eigenvalue weighted by Crippen LogP contribution is -2.57. The molecule has 0 radical (unpaired) electrons. The highest BCUT2D eigenvalue weighted by Gasteiger charge is 2.37. The van der Waals surface area contributed by atoms with Gasteiger partial charge in [-0.1, -0.05) is 0 Å². The van der Waals surface area contributed by atoms with E-state index in [0.717, 1.165) is 0 Å². The molecule has 0 aliphatic carbocycles. The number of carbonyl (C=O) groups is 4. The van der Waals surface area contributed by atoms with E-state index in [1.54, 1.807) is 4.90 Å². The van der Waals surface area contributed by atoms with Crippen LogP contribution in [0.2, 0.25) is 0 Å². The third kappa shape index (κ3) is 3.41. The zero-order valence-corrected chi connectivity index (χ0v) is 11.3. The Bertz CT molecular complexity index is 480. The first-order valence-corrected chi connectivity index (χ1v) is 6.68. The van der Waals surface area contributed by atoms with Crippen LogP contribution in [0.3, 0.4) is 0 Å². The van der Waals surface area contributed by atoms with Crippen LogP contribution in [0.5, 0.6) is 0 Å². The van der Waals surface area contributed by atoms with Gasteiger partial charge in [0.1, 0.15) is 6.04 Å². The fraction of sp³-hybridized carbons (Fsp3) is 0.667. The van der Waals surface area contributed by atoms with Gasteiger partial charge in [-0.2, -0.15) is 0 Å². The summed E-state index contributed by atoms with van der Waals surface area (Å²) in [6, 6.07) is -2.10. The Morgan fingerprint density at radius 1 is 1.29 bits per heavy atom. The van der Waals surface area contributed by atoms with Gasteiger partial charge < -0.3 is 25.3 Å². The number of carboxylic acids is 2. The van der Waals surface area contributed by atoms with Crippen molar-refractivity contribution in [1.82, 2.24) is 15.1 Å². The number of carboxylic acid groups (broad SMARTS) is 2. The molecule has 21 heavy (non-hydrogen) atoms. The molecule has 3 amide bonds. The third-order valence-corrected chi connectivity index (χ3v) is 3.76. The standard InChI is InChI=1S/C12H17N3O6/c16-9-2-1-7-6-14(3-4-15(7)9)12(21)13-8(11(19)20)5-10(17)18/h7-8H,1-6H2,(H,13,21)(H,17,18)(H,19,20). The molecule has 0 bridgehead atoms. The number of aliphatic carboxylic acids is 2. The molecule has 2 unspecified atom stereocenters. The fourth-order valence-electron chi connectivity index (χ4n) is 2.66. The smallest absolute Gasteiger partial charge is 0.326 e. The first-order chi connectivity index (χ1) is 9.88. The van der Waals surface area contributed by atoms with Gasteiger partial charge in [0, 0.05) is 32.1 Å². The molecule has 0 saturated carbocycles. The van der Waals surface area contributed by atoms with Crippen molar-refractivity contribution in [3.63, 3.8) is 0 Å². The largest absolute Gasteiger partial charge is 0.481 e. The van der Waals surface area contributed by atoms with Crippen LogP contribution in [0.25, 0.3) is 0 Å². The van der Waals surface area contributed by atoms with Gasteiger partial charge in [-0.15, -0.1) is 0 Å². The second-order valence-corrected chi connectivity index (χ2v) is 5.16. The van der Waals surface area contributed by atoms with E-state index in [0.29, 0.717) is 32.5 Å². The maximum atomic E-state index is 12.0. The van der Waals surface area contributed by atoms with Gasteiger partial charge in [0.25, 0.3) is 0 Å². The van der Waals surface area contributed by atoms with Gasteiger partial charge in [-0.05, 0) is 6.42 Å². The van der Waals surface area contributed by atoms with E-state index in [9.17, 15) is 19.2 Å². The molecule has 0 aromatic heterocycles. The van der Waals surface area contributed by atoms with Crippen molar-refractivity contribution in [3.8, 4) is 0 Å². The zero-order valence-electron chi connectivity index (χ0n) is 11.3. The molecular formula is C12H17N3O6. The Morgan fingerprint density at radius 3 is 2.62 bits per heavy atom. The van der Waals surface area contributed by atoms with Crippen LogP contribution in [-0.4, -0.2) is 75.6 Å². The van der Waals surface area contributed by atoms with Gasteiger partial charge in [0.2, 0.25) is 5.91 Å². The summed E-state index contributed by atoms with van der Waals surface area (Å²) in [5.74, 6) is -2.61. The quantitative estimate of drug-likeness (QED) is 0.606. The van der Waals surface area contributed by atoms with Crippen LogP contribution in [-0.2, 0) is 14.4 Å². The topological polar surface area (TPSA) is 127 Å². The minimum Gasteiger partial charge on any atom is -0.481 e. The average molecular weight is 299 g/mol.